The molecular weight excluding hydrogens is 566 g/mol. The molecule has 0 fully saturated rings. The molecule has 188 valence electrons. The molecule has 0 radical (unpaired) electrons. The molecule has 0 heterocycles. The van der Waals surface area contributed by atoms with Crippen LogP contribution in [0.15, 0.2) is 65.1 Å². The smallest absolute Gasteiger partial charge is 0.276 e. The maximum Gasteiger partial charge on any atom is 0.276 e. The quantitative estimate of drug-likeness (QED) is 0.251. The minimum Gasteiger partial charge on any atom is -0.492 e. The Balaban J connectivity index is 1.49. The van der Waals surface area contributed by atoms with Gasteiger partial charge in [0.1, 0.15) is 11.5 Å². The first-order valence-electron chi connectivity index (χ1n) is 11.0. The molecule has 0 aliphatic rings. The summed E-state index contributed by atoms with van der Waals surface area (Å²) in [4.78, 5) is 24.9. The summed E-state index contributed by atoms with van der Waals surface area (Å²) in [5.74, 6) is -0.0272. The maximum atomic E-state index is 12.8. The van der Waals surface area contributed by atoms with Gasteiger partial charge in [-0.3, -0.25) is 25.8 Å². The molecule has 3 N–H and O–H groups in total. The number of hydrogen-bond acceptors (Lipinski definition) is 5. The zero-order chi connectivity index (χ0) is 26.1. The lowest BCUT2D eigenvalue weighted by atomic mass is 10.1. The van der Waals surface area contributed by atoms with Gasteiger partial charge in [0.05, 0.1) is 12.2 Å². The van der Waals surface area contributed by atoms with Crippen molar-refractivity contribution in [2.45, 2.75) is 20.3 Å². The highest BCUT2D eigenvalue weighted by Gasteiger charge is 2.15. The number of benzene rings is 3. The lowest BCUT2D eigenvalue weighted by molar-refractivity contribution is -0.123. The monoisotopic (exact) mass is 589 g/mol. The second-order valence-corrected chi connectivity index (χ2v) is 9.54. The fourth-order valence-electron chi connectivity index (χ4n) is 3.23. The Kier molecular flexibility index (Phi) is 10.1. The molecule has 3 rings (SSSR count). The molecule has 36 heavy (non-hydrogen) atoms. The molecule has 7 nitrogen and oxygen atoms in total. The van der Waals surface area contributed by atoms with Gasteiger partial charge in [0.25, 0.3) is 11.8 Å². The standard InChI is InChI=1S/C26H25BrClN3O4S/c1-16-12-20(13-17(2)24(16)28)35-15-23(32)30-31-26(36)29-25(33)21-14-19(27)8-9-22(21)34-11-10-18-6-4-3-5-7-18/h3-9,12-14H,10-11,15H2,1-2H3,(H,30,32)(H2,29,31,33,36). The molecule has 3 aromatic rings. The van der Waals surface area contributed by atoms with Crippen LogP contribution in [-0.4, -0.2) is 30.1 Å². The molecule has 10 heteroatoms. The van der Waals surface area contributed by atoms with Crippen LogP contribution in [-0.2, 0) is 11.2 Å². The molecule has 0 aromatic heterocycles. The van der Waals surface area contributed by atoms with Gasteiger partial charge in [0.2, 0.25) is 0 Å². The molecule has 0 saturated carbocycles. The van der Waals surface area contributed by atoms with Crippen molar-refractivity contribution >= 4 is 56.7 Å². The first kappa shape index (κ1) is 27.4. The van der Waals surface area contributed by atoms with Gasteiger partial charge in [0, 0.05) is 15.9 Å². The number of nitrogens with one attached hydrogen (secondary N) is 3. The van der Waals surface area contributed by atoms with Crippen molar-refractivity contribution < 1.29 is 19.1 Å². The van der Waals surface area contributed by atoms with Crippen molar-refractivity contribution in [1.82, 2.24) is 16.2 Å². The van der Waals surface area contributed by atoms with Gasteiger partial charge in [-0.05, 0) is 73.1 Å². The van der Waals surface area contributed by atoms with E-state index in [1.165, 1.54) is 0 Å². The number of halogens is 2. The first-order chi connectivity index (χ1) is 17.2. The Hall–Kier alpha value is -3.14. The average molecular weight is 591 g/mol. The van der Waals surface area contributed by atoms with Crippen molar-refractivity contribution in [3.8, 4) is 11.5 Å². The van der Waals surface area contributed by atoms with Gasteiger partial charge in [0.15, 0.2) is 11.7 Å². The van der Waals surface area contributed by atoms with Crippen LogP contribution >= 0.6 is 39.7 Å². The Morgan fingerprint density at radius 2 is 1.67 bits per heavy atom. The Morgan fingerprint density at radius 3 is 2.36 bits per heavy atom. The van der Waals surface area contributed by atoms with Crippen molar-refractivity contribution in [3.63, 3.8) is 0 Å². The molecule has 2 amide bonds. The summed E-state index contributed by atoms with van der Waals surface area (Å²) in [6.07, 6.45) is 0.696. The van der Waals surface area contributed by atoms with E-state index in [1.807, 2.05) is 44.2 Å². The van der Waals surface area contributed by atoms with Crippen LogP contribution in [0, 0.1) is 13.8 Å². The Bertz CT molecular complexity index is 1230. The third kappa shape index (κ3) is 8.22. The van der Waals surface area contributed by atoms with Crippen LogP contribution in [0.4, 0.5) is 0 Å². The SMILES string of the molecule is Cc1cc(OCC(=O)NNC(=S)NC(=O)c2cc(Br)ccc2OCCc2ccccc2)cc(C)c1Cl. The number of carbonyl (C=O) groups is 2. The number of aryl methyl sites for hydroxylation is 2. The van der Waals surface area contributed by atoms with Crippen LogP contribution in [0.25, 0.3) is 0 Å². The summed E-state index contributed by atoms with van der Waals surface area (Å²) in [7, 11) is 0. The zero-order valence-electron chi connectivity index (χ0n) is 19.7. The van der Waals surface area contributed by atoms with Gasteiger partial charge in [-0.1, -0.05) is 57.9 Å². The topological polar surface area (TPSA) is 88.7 Å². The first-order valence-corrected chi connectivity index (χ1v) is 12.6. The van der Waals surface area contributed by atoms with Crippen molar-refractivity contribution in [2.75, 3.05) is 13.2 Å². The van der Waals surface area contributed by atoms with Crippen LogP contribution in [0.1, 0.15) is 27.0 Å². The van der Waals surface area contributed by atoms with Crippen molar-refractivity contribution in [1.29, 1.82) is 0 Å². The number of thiocarbonyl (C=S) groups is 1. The Morgan fingerprint density at radius 1 is 0.972 bits per heavy atom. The fraction of sp³-hybridized carbons (Fsp3) is 0.192. The predicted molar refractivity (Wildman–Crippen MR) is 148 cm³/mol. The van der Waals surface area contributed by atoms with E-state index >= 15 is 0 Å². The molecule has 0 unspecified atom stereocenters. The Labute approximate surface area is 228 Å². The average Bonchev–Trinajstić information content (AvgIpc) is 2.86. The minimum absolute atomic E-state index is 0.0817. The summed E-state index contributed by atoms with van der Waals surface area (Å²) >= 11 is 14.7. The fourth-order valence-corrected chi connectivity index (χ4v) is 3.85. The number of hydrogen-bond donors (Lipinski definition) is 3. The van der Waals surface area contributed by atoms with Gasteiger partial charge >= 0.3 is 0 Å². The van der Waals surface area contributed by atoms with Gasteiger partial charge in [-0.25, -0.2) is 0 Å². The van der Waals surface area contributed by atoms with Crippen LogP contribution < -0.4 is 25.6 Å². The number of ether oxygens (including phenoxy) is 2. The van der Waals surface area contributed by atoms with E-state index in [4.69, 9.17) is 33.3 Å². The third-order valence-electron chi connectivity index (χ3n) is 5.00. The summed E-state index contributed by atoms with van der Waals surface area (Å²) in [5, 5.41) is 3.11. The van der Waals surface area contributed by atoms with Crippen LogP contribution in [0.2, 0.25) is 5.02 Å². The molecule has 0 spiro atoms. The number of amides is 2. The zero-order valence-corrected chi connectivity index (χ0v) is 22.9. The highest BCUT2D eigenvalue weighted by atomic mass is 79.9. The molecule has 0 aliphatic heterocycles. The number of rotatable bonds is 8. The van der Waals surface area contributed by atoms with Gasteiger partial charge in [-0.2, -0.15) is 0 Å². The third-order valence-corrected chi connectivity index (χ3v) is 6.29. The molecular formula is C26H25BrClN3O4S. The largest absolute Gasteiger partial charge is 0.492 e. The van der Waals surface area contributed by atoms with Crippen molar-refractivity contribution in [2.24, 2.45) is 0 Å². The molecule has 0 bridgehead atoms. The molecule has 3 aromatic carbocycles. The van der Waals surface area contributed by atoms with E-state index < -0.39 is 11.8 Å². The molecule has 0 atom stereocenters. The normalized spacial score (nSPS) is 10.3. The van der Waals surface area contributed by atoms with Crippen LogP contribution in [0.3, 0.4) is 0 Å². The summed E-state index contributed by atoms with van der Waals surface area (Å²) in [6, 6.07) is 18.5. The van der Waals surface area contributed by atoms with E-state index in [-0.39, 0.29) is 11.7 Å². The van der Waals surface area contributed by atoms with E-state index in [0.29, 0.717) is 39.6 Å². The second kappa shape index (κ2) is 13.2. The molecule has 0 aliphatic carbocycles. The highest BCUT2D eigenvalue weighted by Crippen LogP contribution is 2.26. The van der Waals surface area contributed by atoms with Crippen molar-refractivity contribution in [3.05, 3.63) is 92.4 Å². The lowest BCUT2D eigenvalue weighted by Crippen LogP contribution is -2.49. The summed E-state index contributed by atoms with van der Waals surface area (Å²) in [5.41, 5.74) is 8.02. The van der Waals surface area contributed by atoms with E-state index in [1.54, 1.807) is 30.3 Å². The maximum absolute atomic E-state index is 12.8. The highest BCUT2D eigenvalue weighted by molar-refractivity contribution is 9.10. The summed E-state index contributed by atoms with van der Waals surface area (Å²) < 4.78 is 12.1. The molecule has 0 saturated heterocycles. The second-order valence-electron chi connectivity index (χ2n) is 7.84. The van der Waals surface area contributed by atoms with E-state index in [2.05, 4.69) is 32.1 Å². The summed E-state index contributed by atoms with van der Waals surface area (Å²) in [6.45, 7) is 3.86. The van der Waals surface area contributed by atoms with Crippen LogP contribution in [0.5, 0.6) is 11.5 Å². The number of hydrazine groups is 1. The van der Waals surface area contributed by atoms with Gasteiger partial charge < -0.3 is 9.47 Å². The van der Waals surface area contributed by atoms with E-state index in [9.17, 15) is 9.59 Å². The lowest BCUT2D eigenvalue weighted by Gasteiger charge is -2.14. The van der Waals surface area contributed by atoms with Gasteiger partial charge in [-0.15, -0.1) is 0 Å². The predicted octanol–water partition coefficient (Wildman–Crippen LogP) is 5.06. The minimum atomic E-state index is -0.485. The number of carbonyl (C=O) groups excluding carboxylic acids is 2. The van der Waals surface area contributed by atoms with E-state index in [0.717, 1.165) is 16.7 Å².